The Kier molecular flexibility index (Phi) is 4.62. The summed E-state index contributed by atoms with van der Waals surface area (Å²) in [7, 11) is -3.56. The molecule has 118 valence electrons. The second-order valence-electron chi connectivity index (χ2n) is 4.69. The van der Waals surface area contributed by atoms with Crippen molar-refractivity contribution in [2.75, 3.05) is 17.8 Å². The van der Waals surface area contributed by atoms with Crippen LogP contribution < -0.4 is 14.8 Å². The van der Waals surface area contributed by atoms with E-state index in [0.29, 0.717) is 13.0 Å². The Hall–Kier alpha value is -1.48. The number of benzene rings is 1. The van der Waals surface area contributed by atoms with Gasteiger partial charge in [-0.05, 0) is 43.7 Å². The number of sulfonamides is 1. The summed E-state index contributed by atoms with van der Waals surface area (Å²) in [4.78, 5) is 0. The number of anilines is 1. The van der Waals surface area contributed by atoms with E-state index in [2.05, 4.69) is 14.8 Å². The Morgan fingerprint density at radius 2 is 1.90 bits per heavy atom. The highest BCUT2D eigenvalue weighted by Gasteiger charge is 2.31. The van der Waals surface area contributed by atoms with Crippen LogP contribution in [0.4, 0.5) is 18.9 Å². The second kappa shape index (κ2) is 6.10. The van der Waals surface area contributed by atoms with Crippen LogP contribution in [0.15, 0.2) is 24.3 Å². The number of nitrogens with one attached hydrogen (secondary N) is 2. The van der Waals surface area contributed by atoms with Gasteiger partial charge in [0.25, 0.3) is 0 Å². The largest absolute Gasteiger partial charge is 0.573 e. The fraction of sp³-hybridized carbons (Fsp3) is 0.500. The molecule has 0 saturated carbocycles. The third kappa shape index (κ3) is 4.78. The highest BCUT2D eigenvalue weighted by molar-refractivity contribution is 7.93. The van der Waals surface area contributed by atoms with Crippen LogP contribution in [-0.4, -0.2) is 33.1 Å². The molecular formula is C12H15F3N2O3S. The molecule has 5 nitrogen and oxygen atoms in total. The molecular weight excluding hydrogens is 309 g/mol. The second-order valence-corrected chi connectivity index (χ2v) is 6.65. The SMILES string of the molecule is O=S(=O)(Nc1ccc(OC(F)(F)F)cc1)C1CCCNC1. The predicted octanol–water partition coefficient (Wildman–Crippen LogP) is 2.08. The van der Waals surface area contributed by atoms with Crippen molar-refractivity contribution in [1.29, 1.82) is 0 Å². The van der Waals surface area contributed by atoms with Gasteiger partial charge in [0.1, 0.15) is 5.75 Å². The summed E-state index contributed by atoms with van der Waals surface area (Å²) in [5, 5.41) is 2.45. The molecule has 1 fully saturated rings. The topological polar surface area (TPSA) is 67.4 Å². The first-order valence-electron chi connectivity index (χ1n) is 6.34. The zero-order valence-electron chi connectivity index (χ0n) is 11.0. The van der Waals surface area contributed by atoms with Crippen LogP contribution in [-0.2, 0) is 10.0 Å². The number of alkyl halides is 3. The molecule has 1 unspecified atom stereocenters. The van der Waals surface area contributed by atoms with E-state index < -0.39 is 27.4 Å². The van der Waals surface area contributed by atoms with Gasteiger partial charge in [-0.1, -0.05) is 0 Å². The van der Waals surface area contributed by atoms with E-state index in [9.17, 15) is 21.6 Å². The van der Waals surface area contributed by atoms with Crippen LogP contribution in [0.2, 0.25) is 0 Å². The molecule has 1 aliphatic rings. The zero-order chi connectivity index (χ0) is 15.5. The first-order chi connectivity index (χ1) is 9.76. The van der Waals surface area contributed by atoms with Gasteiger partial charge < -0.3 is 10.1 Å². The van der Waals surface area contributed by atoms with Crippen LogP contribution in [0.5, 0.6) is 5.75 Å². The van der Waals surface area contributed by atoms with Gasteiger partial charge >= 0.3 is 6.36 Å². The minimum absolute atomic E-state index is 0.204. The van der Waals surface area contributed by atoms with Gasteiger partial charge in [-0.25, -0.2) is 8.42 Å². The molecule has 0 spiro atoms. The normalized spacial score (nSPS) is 20.0. The fourth-order valence-electron chi connectivity index (χ4n) is 2.06. The molecule has 2 rings (SSSR count). The highest BCUT2D eigenvalue weighted by atomic mass is 32.2. The summed E-state index contributed by atoms with van der Waals surface area (Å²) >= 11 is 0. The smallest absolute Gasteiger partial charge is 0.406 e. The number of halogens is 3. The van der Waals surface area contributed by atoms with Crippen LogP contribution in [0.3, 0.4) is 0 Å². The van der Waals surface area contributed by atoms with Crippen molar-refractivity contribution in [1.82, 2.24) is 5.32 Å². The van der Waals surface area contributed by atoms with Gasteiger partial charge in [-0.2, -0.15) is 0 Å². The lowest BCUT2D eigenvalue weighted by Crippen LogP contribution is -2.41. The molecule has 0 bridgehead atoms. The molecule has 1 atom stereocenters. The van der Waals surface area contributed by atoms with Crippen LogP contribution in [0, 0.1) is 0 Å². The maximum Gasteiger partial charge on any atom is 0.573 e. The standard InChI is InChI=1S/C12H15F3N2O3S/c13-12(14,15)20-10-5-3-9(4-6-10)17-21(18,19)11-2-1-7-16-8-11/h3-6,11,16-17H,1-2,7-8H2. The van der Waals surface area contributed by atoms with Gasteiger partial charge in [0.2, 0.25) is 10.0 Å². The monoisotopic (exact) mass is 324 g/mol. The third-order valence-electron chi connectivity index (χ3n) is 3.04. The quantitative estimate of drug-likeness (QED) is 0.890. The number of rotatable bonds is 4. The molecule has 0 aromatic heterocycles. The van der Waals surface area contributed by atoms with Gasteiger partial charge in [-0.15, -0.1) is 13.2 Å². The number of ether oxygens (including phenoxy) is 1. The number of hydrogen-bond acceptors (Lipinski definition) is 4. The molecule has 1 saturated heterocycles. The van der Waals surface area contributed by atoms with Crippen molar-refractivity contribution in [3.05, 3.63) is 24.3 Å². The van der Waals surface area contributed by atoms with Gasteiger partial charge in [-0.3, -0.25) is 4.72 Å². The Morgan fingerprint density at radius 3 is 2.43 bits per heavy atom. The lowest BCUT2D eigenvalue weighted by molar-refractivity contribution is -0.274. The van der Waals surface area contributed by atoms with Gasteiger partial charge in [0, 0.05) is 12.2 Å². The van der Waals surface area contributed by atoms with E-state index in [0.717, 1.165) is 25.1 Å². The minimum atomic E-state index is -4.77. The summed E-state index contributed by atoms with van der Waals surface area (Å²) in [5.74, 6) is -0.398. The Balaban J connectivity index is 2.02. The van der Waals surface area contributed by atoms with Crippen molar-refractivity contribution in [2.24, 2.45) is 0 Å². The molecule has 1 aliphatic heterocycles. The van der Waals surface area contributed by atoms with Crippen molar-refractivity contribution in [2.45, 2.75) is 24.5 Å². The Morgan fingerprint density at radius 1 is 1.24 bits per heavy atom. The summed E-state index contributed by atoms with van der Waals surface area (Å²) in [5.41, 5.74) is 0.204. The third-order valence-corrected chi connectivity index (χ3v) is 4.84. The van der Waals surface area contributed by atoms with Crippen LogP contribution in [0.25, 0.3) is 0 Å². The predicted molar refractivity (Wildman–Crippen MR) is 71.6 cm³/mol. The van der Waals surface area contributed by atoms with Crippen molar-refractivity contribution in [3.63, 3.8) is 0 Å². The van der Waals surface area contributed by atoms with Crippen LogP contribution >= 0.6 is 0 Å². The summed E-state index contributed by atoms with van der Waals surface area (Å²) in [6.45, 7) is 1.15. The molecule has 0 aliphatic carbocycles. The maximum atomic E-state index is 12.1. The molecule has 1 aromatic rings. The van der Waals surface area contributed by atoms with Crippen molar-refractivity contribution < 1.29 is 26.3 Å². The summed E-state index contributed by atoms with van der Waals surface area (Å²) < 4.78 is 66.3. The lowest BCUT2D eigenvalue weighted by Gasteiger charge is -2.23. The number of piperidine rings is 1. The molecule has 0 radical (unpaired) electrons. The average Bonchev–Trinajstić information content (AvgIpc) is 2.40. The van der Waals surface area contributed by atoms with E-state index in [1.54, 1.807) is 0 Å². The van der Waals surface area contributed by atoms with Crippen molar-refractivity contribution >= 4 is 15.7 Å². The average molecular weight is 324 g/mol. The first kappa shape index (κ1) is 15.9. The molecule has 21 heavy (non-hydrogen) atoms. The van der Waals surface area contributed by atoms with E-state index in [1.165, 1.54) is 12.1 Å². The molecule has 2 N–H and O–H groups in total. The van der Waals surface area contributed by atoms with E-state index >= 15 is 0 Å². The summed E-state index contributed by atoms with van der Waals surface area (Å²) in [6, 6.07) is 4.58. The maximum absolute atomic E-state index is 12.1. The minimum Gasteiger partial charge on any atom is -0.406 e. The summed E-state index contributed by atoms with van der Waals surface area (Å²) in [6.07, 6.45) is -3.45. The molecule has 1 heterocycles. The first-order valence-corrected chi connectivity index (χ1v) is 7.89. The van der Waals surface area contributed by atoms with E-state index in [1.807, 2.05) is 0 Å². The van der Waals surface area contributed by atoms with Gasteiger partial charge in [0.15, 0.2) is 0 Å². The Labute approximate surface area is 120 Å². The molecule has 1 aromatic carbocycles. The van der Waals surface area contributed by atoms with Crippen LogP contribution in [0.1, 0.15) is 12.8 Å². The van der Waals surface area contributed by atoms with Gasteiger partial charge in [0.05, 0.1) is 5.25 Å². The lowest BCUT2D eigenvalue weighted by atomic mass is 10.2. The van der Waals surface area contributed by atoms with Crippen molar-refractivity contribution in [3.8, 4) is 5.75 Å². The number of hydrogen-bond donors (Lipinski definition) is 2. The van der Waals surface area contributed by atoms with E-state index in [-0.39, 0.29) is 5.69 Å². The molecule has 0 amide bonds. The fourth-order valence-corrected chi connectivity index (χ4v) is 3.50. The molecule has 9 heteroatoms. The van der Waals surface area contributed by atoms with E-state index in [4.69, 9.17) is 0 Å². The Bertz CT molecular complexity index is 566. The zero-order valence-corrected chi connectivity index (χ0v) is 11.8. The highest BCUT2D eigenvalue weighted by Crippen LogP contribution is 2.25.